The van der Waals surface area contributed by atoms with Crippen LogP contribution < -0.4 is 5.32 Å². The highest BCUT2D eigenvalue weighted by atomic mass is 32.2. The molecule has 94 valence electrons. The van der Waals surface area contributed by atoms with E-state index in [0.717, 1.165) is 12.8 Å². The highest BCUT2D eigenvalue weighted by Gasteiger charge is 2.30. The van der Waals surface area contributed by atoms with Crippen LogP contribution in [0.1, 0.15) is 26.7 Å². The first-order valence-electron chi connectivity index (χ1n) is 5.55. The predicted molar refractivity (Wildman–Crippen MR) is 63.1 cm³/mol. The number of nitrogens with one attached hydrogen (secondary N) is 1. The number of urea groups is 1. The van der Waals surface area contributed by atoms with Gasteiger partial charge >= 0.3 is 6.03 Å². The van der Waals surface area contributed by atoms with Crippen LogP contribution in [-0.4, -0.2) is 50.0 Å². The Kier molecular flexibility index (Phi) is 4.18. The highest BCUT2D eigenvalue weighted by Crippen LogP contribution is 2.22. The number of likely N-dealkylation sites (tertiary alicyclic amines) is 1. The van der Waals surface area contributed by atoms with Crippen LogP contribution in [0.5, 0.6) is 0 Å². The number of rotatable bonds is 3. The molecule has 2 amide bonds. The number of amides is 2. The third kappa shape index (κ3) is 3.66. The Bertz CT molecular complexity index is 343. The smallest absolute Gasteiger partial charge is 0.317 e. The van der Waals surface area contributed by atoms with Gasteiger partial charge in [-0.1, -0.05) is 0 Å². The van der Waals surface area contributed by atoms with E-state index in [-0.39, 0.29) is 30.4 Å². The Balaban J connectivity index is 2.41. The lowest BCUT2D eigenvalue weighted by Crippen LogP contribution is -2.46. The maximum atomic E-state index is 11.8. The van der Waals surface area contributed by atoms with Crippen molar-refractivity contribution >= 4 is 15.9 Å². The molecule has 0 bridgehead atoms. The average molecular weight is 248 g/mol. The van der Waals surface area contributed by atoms with Gasteiger partial charge in [0.05, 0.1) is 5.75 Å². The summed E-state index contributed by atoms with van der Waals surface area (Å²) in [6.45, 7) is 4.22. The number of nitrogens with zero attached hydrogens (tertiary/aromatic N) is 1. The summed E-state index contributed by atoms with van der Waals surface area (Å²) in [4.78, 5) is 13.6. The Hall–Kier alpha value is -0.780. The maximum absolute atomic E-state index is 11.8. The first kappa shape index (κ1) is 13.3. The monoisotopic (exact) mass is 248 g/mol. The summed E-state index contributed by atoms with van der Waals surface area (Å²) in [6.07, 6.45) is 3.20. The summed E-state index contributed by atoms with van der Waals surface area (Å²) in [6, 6.07) is 0.336. The van der Waals surface area contributed by atoms with Crippen LogP contribution in [0.4, 0.5) is 4.79 Å². The molecule has 1 aliphatic rings. The van der Waals surface area contributed by atoms with E-state index in [1.165, 1.54) is 6.26 Å². The first-order chi connectivity index (χ1) is 7.31. The van der Waals surface area contributed by atoms with Crippen molar-refractivity contribution in [1.82, 2.24) is 10.2 Å². The van der Waals surface area contributed by atoms with Gasteiger partial charge in [-0.2, -0.15) is 0 Å². The molecule has 16 heavy (non-hydrogen) atoms. The topological polar surface area (TPSA) is 66.5 Å². The molecule has 0 aromatic rings. The summed E-state index contributed by atoms with van der Waals surface area (Å²) in [5, 5.41) is 2.65. The molecule has 1 saturated heterocycles. The van der Waals surface area contributed by atoms with Crippen molar-refractivity contribution in [2.45, 2.75) is 38.8 Å². The molecule has 1 aliphatic heterocycles. The van der Waals surface area contributed by atoms with E-state index in [4.69, 9.17) is 0 Å². The van der Waals surface area contributed by atoms with E-state index in [9.17, 15) is 13.2 Å². The largest absolute Gasteiger partial charge is 0.337 e. The molecular weight excluding hydrogens is 228 g/mol. The number of hydrogen-bond donors (Lipinski definition) is 1. The summed E-state index contributed by atoms with van der Waals surface area (Å²) >= 11 is 0. The first-order valence-corrected chi connectivity index (χ1v) is 7.61. The lowest BCUT2D eigenvalue weighted by molar-refractivity contribution is 0.181. The van der Waals surface area contributed by atoms with Gasteiger partial charge in [0.25, 0.3) is 0 Å². The molecule has 0 spiro atoms. The minimum atomic E-state index is -3.00. The van der Waals surface area contributed by atoms with E-state index in [2.05, 4.69) is 5.32 Å². The second kappa shape index (κ2) is 5.03. The van der Waals surface area contributed by atoms with Gasteiger partial charge in [0.15, 0.2) is 0 Å². The summed E-state index contributed by atoms with van der Waals surface area (Å²) in [5.74, 6) is -0.00462. The van der Waals surface area contributed by atoms with E-state index in [1.807, 2.05) is 13.8 Å². The summed E-state index contributed by atoms with van der Waals surface area (Å²) < 4.78 is 21.8. The fraction of sp³-hybridized carbons (Fsp3) is 0.900. The van der Waals surface area contributed by atoms with E-state index >= 15 is 0 Å². The summed E-state index contributed by atoms with van der Waals surface area (Å²) in [7, 11) is -3.00. The van der Waals surface area contributed by atoms with Crippen molar-refractivity contribution in [2.75, 3.05) is 18.6 Å². The molecule has 0 radical (unpaired) electrons. The van der Waals surface area contributed by atoms with Gasteiger partial charge in [-0.15, -0.1) is 0 Å². The molecule has 0 unspecified atom stereocenters. The molecule has 2 atom stereocenters. The van der Waals surface area contributed by atoms with Gasteiger partial charge in [-0.05, 0) is 26.7 Å². The lowest BCUT2D eigenvalue weighted by atomic mass is 10.2. The van der Waals surface area contributed by atoms with Crippen LogP contribution in [-0.2, 0) is 9.84 Å². The molecule has 1 heterocycles. The molecule has 6 heteroatoms. The van der Waals surface area contributed by atoms with Gasteiger partial charge in [0, 0.05) is 24.9 Å². The van der Waals surface area contributed by atoms with Crippen molar-refractivity contribution in [2.24, 2.45) is 0 Å². The number of sulfone groups is 1. The van der Waals surface area contributed by atoms with Crippen molar-refractivity contribution in [3.05, 3.63) is 0 Å². The highest BCUT2D eigenvalue weighted by molar-refractivity contribution is 7.90. The van der Waals surface area contributed by atoms with Crippen LogP contribution >= 0.6 is 0 Å². The predicted octanol–water partition coefficient (Wildman–Crippen LogP) is 0.613. The Morgan fingerprint density at radius 1 is 1.31 bits per heavy atom. The van der Waals surface area contributed by atoms with E-state index in [1.54, 1.807) is 4.90 Å². The van der Waals surface area contributed by atoms with E-state index < -0.39 is 9.84 Å². The molecule has 0 saturated carbocycles. The molecule has 0 aromatic carbocycles. The van der Waals surface area contributed by atoms with Crippen molar-refractivity contribution < 1.29 is 13.2 Å². The normalized spacial score (nSPS) is 25.8. The Morgan fingerprint density at radius 3 is 2.25 bits per heavy atom. The van der Waals surface area contributed by atoms with Gasteiger partial charge in [0.1, 0.15) is 9.84 Å². The standard InChI is InChI=1S/C10H20N2O3S/c1-8-4-5-9(2)12(8)10(13)11-6-7-16(3,14)15/h8-9H,4-7H2,1-3H3,(H,11,13)/t8-,9+. The number of carbonyl (C=O) groups excluding carboxylic acids is 1. The second-order valence-electron chi connectivity index (χ2n) is 4.54. The lowest BCUT2D eigenvalue weighted by Gasteiger charge is -2.26. The van der Waals surface area contributed by atoms with Crippen LogP contribution in [0.25, 0.3) is 0 Å². The van der Waals surface area contributed by atoms with Gasteiger partial charge in [-0.25, -0.2) is 13.2 Å². The number of carbonyl (C=O) groups is 1. The third-order valence-corrected chi connectivity index (χ3v) is 3.88. The van der Waals surface area contributed by atoms with Crippen molar-refractivity contribution in [3.63, 3.8) is 0 Å². The zero-order chi connectivity index (χ0) is 12.3. The molecule has 1 N–H and O–H groups in total. The van der Waals surface area contributed by atoms with Crippen LogP contribution in [0.3, 0.4) is 0 Å². The molecule has 0 aliphatic carbocycles. The zero-order valence-electron chi connectivity index (χ0n) is 10.1. The Morgan fingerprint density at radius 2 is 1.81 bits per heavy atom. The van der Waals surface area contributed by atoms with Crippen LogP contribution in [0.2, 0.25) is 0 Å². The SMILES string of the molecule is C[C@@H]1CC[C@H](C)N1C(=O)NCCS(C)(=O)=O. The van der Waals surface area contributed by atoms with Gasteiger partial charge in [0.2, 0.25) is 0 Å². The van der Waals surface area contributed by atoms with Crippen LogP contribution in [0.15, 0.2) is 0 Å². The zero-order valence-corrected chi connectivity index (χ0v) is 10.9. The van der Waals surface area contributed by atoms with Crippen LogP contribution in [0, 0.1) is 0 Å². The van der Waals surface area contributed by atoms with Gasteiger partial charge in [-0.3, -0.25) is 0 Å². The minimum Gasteiger partial charge on any atom is -0.337 e. The molecule has 0 aromatic heterocycles. The summed E-state index contributed by atoms with van der Waals surface area (Å²) in [5.41, 5.74) is 0. The molecule has 5 nitrogen and oxygen atoms in total. The van der Waals surface area contributed by atoms with Crippen molar-refractivity contribution in [3.8, 4) is 0 Å². The van der Waals surface area contributed by atoms with Gasteiger partial charge < -0.3 is 10.2 Å². The fourth-order valence-corrected chi connectivity index (χ4v) is 2.50. The molecule has 1 rings (SSSR count). The average Bonchev–Trinajstić information content (AvgIpc) is 2.43. The molecular formula is C10H20N2O3S. The van der Waals surface area contributed by atoms with E-state index in [0.29, 0.717) is 0 Å². The third-order valence-electron chi connectivity index (χ3n) is 2.94. The molecule has 1 fully saturated rings. The number of hydrogen-bond acceptors (Lipinski definition) is 3. The van der Waals surface area contributed by atoms with Crippen molar-refractivity contribution in [1.29, 1.82) is 0 Å². The minimum absolute atomic E-state index is 0.00462. The second-order valence-corrected chi connectivity index (χ2v) is 6.80. The Labute approximate surface area is 97.1 Å². The maximum Gasteiger partial charge on any atom is 0.317 e. The fourth-order valence-electron chi connectivity index (χ4n) is 2.03. The quantitative estimate of drug-likeness (QED) is 0.796.